The van der Waals surface area contributed by atoms with Crippen molar-refractivity contribution in [3.05, 3.63) is 34.9 Å². The molecule has 0 aliphatic carbocycles. The second-order valence-electron chi connectivity index (χ2n) is 4.83. The fourth-order valence-electron chi connectivity index (χ4n) is 2.17. The number of rotatable bonds is 4. The quantitative estimate of drug-likeness (QED) is 0.904. The average Bonchev–Trinajstić information content (AvgIpc) is 2.45. The molecule has 0 bridgehead atoms. The molecule has 5 heteroatoms. The molecule has 0 aromatic heterocycles. The summed E-state index contributed by atoms with van der Waals surface area (Å²) in [5.41, 5.74) is 0.648. The molecule has 0 atom stereocenters. The lowest BCUT2D eigenvalue weighted by Gasteiger charge is -2.29. The first-order chi connectivity index (χ1) is 9.16. The van der Waals surface area contributed by atoms with E-state index in [1.807, 2.05) is 7.05 Å². The normalized spacial score (nSPS) is 16.3. The molecular weight excluding hydrogens is 262 g/mol. The van der Waals surface area contributed by atoms with Crippen molar-refractivity contribution < 1.29 is 4.79 Å². The maximum absolute atomic E-state index is 12.2. The summed E-state index contributed by atoms with van der Waals surface area (Å²) in [5.74, 6) is 0.0256. The highest BCUT2D eigenvalue weighted by molar-refractivity contribution is 6.30. The van der Waals surface area contributed by atoms with Crippen LogP contribution in [0.1, 0.15) is 10.4 Å². The second kappa shape index (κ2) is 6.89. The molecule has 2 rings (SSSR count). The average molecular weight is 282 g/mol. The molecule has 4 nitrogen and oxygen atoms in total. The maximum atomic E-state index is 12.2. The van der Waals surface area contributed by atoms with Crippen LogP contribution in [-0.2, 0) is 0 Å². The van der Waals surface area contributed by atoms with Crippen LogP contribution in [0.4, 0.5) is 0 Å². The van der Waals surface area contributed by atoms with Crippen molar-refractivity contribution in [3.63, 3.8) is 0 Å². The van der Waals surface area contributed by atoms with Crippen LogP contribution in [0.2, 0.25) is 5.02 Å². The van der Waals surface area contributed by atoms with E-state index < -0.39 is 0 Å². The van der Waals surface area contributed by atoms with E-state index in [1.54, 1.807) is 29.2 Å². The van der Waals surface area contributed by atoms with Gasteiger partial charge in [0.25, 0.3) is 5.91 Å². The summed E-state index contributed by atoms with van der Waals surface area (Å²) in [7, 11) is 1.84. The van der Waals surface area contributed by atoms with Gasteiger partial charge in [-0.1, -0.05) is 17.7 Å². The summed E-state index contributed by atoms with van der Waals surface area (Å²) >= 11 is 5.91. The van der Waals surface area contributed by atoms with Crippen LogP contribution >= 0.6 is 11.6 Å². The summed E-state index contributed by atoms with van der Waals surface area (Å²) in [4.78, 5) is 16.3. The molecule has 19 heavy (non-hydrogen) atoms. The van der Waals surface area contributed by atoms with Crippen LogP contribution in [0.15, 0.2) is 24.3 Å². The van der Waals surface area contributed by atoms with Crippen molar-refractivity contribution in [2.75, 3.05) is 46.3 Å². The van der Waals surface area contributed by atoms with E-state index in [2.05, 4.69) is 10.2 Å². The lowest BCUT2D eigenvalue weighted by atomic mass is 10.2. The van der Waals surface area contributed by atoms with Gasteiger partial charge in [-0.2, -0.15) is 0 Å². The molecule has 1 heterocycles. The van der Waals surface area contributed by atoms with E-state index in [0.717, 1.165) is 39.3 Å². The summed E-state index contributed by atoms with van der Waals surface area (Å²) in [6, 6.07) is 7.10. The van der Waals surface area contributed by atoms with Gasteiger partial charge >= 0.3 is 0 Å². The number of carbonyl (C=O) groups is 1. The zero-order chi connectivity index (χ0) is 13.7. The number of carbonyl (C=O) groups excluding carboxylic acids is 1. The largest absolute Gasteiger partial charge is 0.340 e. The van der Waals surface area contributed by atoms with Crippen molar-refractivity contribution in [1.29, 1.82) is 0 Å². The monoisotopic (exact) mass is 281 g/mol. The zero-order valence-electron chi connectivity index (χ0n) is 11.2. The minimum Gasteiger partial charge on any atom is -0.340 e. The van der Waals surface area contributed by atoms with Gasteiger partial charge in [0, 0.05) is 56.9 Å². The molecule has 1 aromatic carbocycles. The fraction of sp³-hybridized carbons (Fsp3) is 0.500. The van der Waals surface area contributed by atoms with Crippen molar-refractivity contribution in [3.8, 4) is 0 Å². The number of piperazine rings is 1. The minimum absolute atomic E-state index is 0.0256. The Hall–Kier alpha value is -1.10. The number of halogens is 1. The third kappa shape index (κ3) is 4.20. The lowest BCUT2D eigenvalue weighted by molar-refractivity contribution is 0.0775. The van der Waals surface area contributed by atoms with E-state index in [4.69, 9.17) is 11.6 Å². The van der Waals surface area contributed by atoms with Crippen LogP contribution in [0, 0.1) is 0 Å². The Bertz CT molecular complexity index is 432. The van der Waals surface area contributed by atoms with E-state index in [-0.39, 0.29) is 5.91 Å². The Kier molecular flexibility index (Phi) is 5.19. The highest BCUT2D eigenvalue weighted by atomic mass is 35.5. The smallest absolute Gasteiger partial charge is 0.253 e. The van der Waals surface area contributed by atoms with Crippen LogP contribution in [0.5, 0.6) is 0 Å². The van der Waals surface area contributed by atoms with Crippen LogP contribution in [-0.4, -0.2) is 62.0 Å². The van der Waals surface area contributed by atoms with Gasteiger partial charge in [0.2, 0.25) is 0 Å². The van der Waals surface area contributed by atoms with E-state index >= 15 is 0 Å². The standard InChI is InChI=1S/C14H20ClN3O/c1-17(9-10-18-7-5-16-6-8-18)14(19)12-3-2-4-13(15)11-12/h2-4,11,16H,5-10H2,1H3. The number of likely N-dealkylation sites (N-methyl/N-ethyl adjacent to an activating group) is 1. The molecule has 0 unspecified atom stereocenters. The SMILES string of the molecule is CN(CCN1CCNCC1)C(=O)c1cccc(Cl)c1. The van der Waals surface area contributed by atoms with Crippen molar-refractivity contribution >= 4 is 17.5 Å². The third-order valence-electron chi connectivity index (χ3n) is 3.38. The predicted molar refractivity (Wildman–Crippen MR) is 77.7 cm³/mol. The lowest BCUT2D eigenvalue weighted by Crippen LogP contribution is -2.46. The molecular formula is C14H20ClN3O. The molecule has 104 valence electrons. The first kappa shape index (κ1) is 14.3. The second-order valence-corrected chi connectivity index (χ2v) is 5.27. The van der Waals surface area contributed by atoms with Crippen LogP contribution in [0.25, 0.3) is 0 Å². The summed E-state index contributed by atoms with van der Waals surface area (Å²) < 4.78 is 0. The maximum Gasteiger partial charge on any atom is 0.253 e. The molecule has 0 saturated carbocycles. The summed E-state index contributed by atoms with van der Waals surface area (Å²) in [5, 5.41) is 3.92. The Morgan fingerprint density at radius 1 is 1.42 bits per heavy atom. The number of amides is 1. The van der Waals surface area contributed by atoms with Gasteiger partial charge < -0.3 is 10.2 Å². The van der Waals surface area contributed by atoms with Gasteiger partial charge in [-0.25, -0.2) is 0 Å². The minimum atomic E-state index is 0.0256. The van der Waals surface area contributed by atoms with Gasteiger partial charge in [-0.05, 0) is 18.2 Å². The van der Waals surface area contributed by atoms with Gasteiger partial charge in [0.05, 0.1) is 0 Å². The zero-order valence-corrected chi connectivity index (χ0v) is 12.0. The molecule has 1 aliphatic heterocycles. The number of hydrogen-bond acceptors (Lipinski definition) is 3. The molecule has 0 radical (unpaired) electrons. The number of benzene rings is 1. The van der Waals surface area contributed by atoms with Crippen LogP contribution < -0.4 is 5.32 Å². The van der Waals surface area contributed by atoms with Crippen molar-refractivity contribution in [2.45, 2.75) is 0 Å². The Morgan fingerprint density at radius 2 is 2.16 bits per heavy atom. The Morgan fingerprint density at radius 3 is 2.84 bits per heavy atom. The van der Waals surface area contributed by atoms with Gasteiger partial charge in [0.15, 0.2) is 0 Å². The van der Waals surface area contributed by atoms with Gasteiger partial charge in [-0.15, -0.1) is 0 Å². The number of nitrogens with zero attached hydrogens (tertiary/aromatic N) is 2. The number of nitrogens with one attached hydrogen (secondary N) is 1. The predicted octanol–water partition coefficient (Wildman–Crippen LogP) is 1.32. The summed E-state index contributed by atoms with van der Waals surface area (Å²) in [6.45, 7) is 5.84. The van der Waals surface area contributed by atoms with Gasteiger partial charge in [0.1, 0.15) is 0 Å². The highest BCUT2D eigenvalue weighted by Crippen LogP contribution is 2.12. The highest BCUT2D eigenvalue weighted by Gasteiger charge is 2.14. The summed E-state index contributed by atoms with van der Waals surface area (Å²) in [6.07, 6.45) is 0. The van der Waals surface area contributed by atoms with Crippen molar-refractivity contribution in [1.82, 2.24) is 15.1 Å². The fourth-order valence-corrected chi connectivity index (χ4v) is 2.36. The van der Waals surface area contributed by atoms with Gasteiger partial charge in [-0.3, -0.25) is 9.69 Å². The molecule has 1 aliphatic rings. The first-order valence-electron chi connectivity index (χ1n) is 6.61. The molecule has 1 saturated heterocycles. The molecule has 1 fully saturated rings. The van der Waals surface area contributed by atoms with E-state index in [9.17, 15) is 4.79 Å². The molecule has 0 spiro atoms. The third-order valence-corrected chi connectivity index (χ3v) is 3.61. The van der Waals surface area contributed by atoms with E-state index in [1.165, 1.54) is 0 Å². The van der Waals surface area contributed by atoms with E-state index in [0.29, 0.717) is 10.6 Å². The topological polar surface area (TPSA) is 35.6 Å². The first-order valence-corrected chi connectivity index (χ1v) is 6.99. The Balaban J connectivity index is 1.85. The molecule has 1 amide bonds. The Labute approximate surface area is 119 Å². The molecule has 1 aromatic rings. The van der Waals surface area contributed by atoms with Crippen LogP contribution in [0.3, 0.4) is 0 Å². The molecule has 1 N–H and O–H groups in total. The number of hydrogen-bond donors (Lipinski definition) is 1. The van der Waals surface area contributed by atoms with Crippen molar-refractivity contribution in [2.24, 2.45) is 0 Å².